The number of esters is 3. The van der Waals surface area contributed by atoms with Crippen LogP contribution in [0, 0.1) is 30.6 Å². The van der Waals surface area contributed by atoms with Gasteiger partial charge in [0.1, 0.15) is 65.3 Å². The van der Waals surface area contributed by atoms with E-state index in [-0.39, 0.29) is 111 Å². The lowest BCUT2D eigenvalue weighted by atomic mass is 9.75. The molecule has 7 rings (SSSR count). The van der Waals surface area contributed by atoms with Crippen LogP contribution >= 0.6 is 11.8 Å². The summed E-state index contributed by atoms with van der Waals surface area (Å²) in [6.07, 6.45) is 10.5. The van der Waals surface area contributed by atoms with E-state index >= 15 is 0 Å². The molecule has 2 aromatic rings. The number of benzene rings is 2. The Hall–Kier alpha value is -7.21. The number of amides is 4. The summed E-state index contributed by atoms with van der Waals surface area (Å²) in [4.78, 5) is 138. The Morgan fingerprint density at radius 3 is 2.38 bits per heavy atom. The third-order valence-corrected chi connectivity index (χ3v) is 20.7. The van der Waals surface area contributed by atoms with Crippen LogP contribution in [-0.2, 0) is 81.4 Å². The number of allylic oxidation sites excluding steroid dienone is 4. The first-order valence-electron chi connectivity index (χ1n) is 33.3. The van der Waals surface area contributed by atoms with E-state index in [9.17, 15) is 53.1 Å². The molecule has 0 aromatic heterocycles. The number of nitrogens with zero attached hydrogens (tertiary/aromatic N) is 2. The molecule has 520 valence electrons. The highest BCUT2D eigenvalue weighted by atomic mass is 32.2. The van der Waals surface area contributed by atoms with Gasteiger partial charge in [0.2, 0.25) is 5.91 Å². The lowest BCUT2D eigenvalue weighted by molar-refractivity contribution is -0.173. The van der Waals surface area contributed by atoms with Crippen molar-refractivity contribution in [1.82, 2.24) is 20.4 Å². The van der Waals surface area contributed by atoms with Gasteiger partial charge in [-0.25, -0.2) is 9.59 Å². The fourth-order valence-corrected chi connectivity index (χ4v) is 13.9. The molecule has 2 aromatic carbocycles. The van der Waals surface area contributed by atoms with Crippen LogP contribution in [0.1, 0.15) is 177 Å². The predicted octanol–water partition coefficient (Wildman–Crippen LogP) is 9.49. The molecule has 2 heterocycles. The maximum atomic E-state index is 14.7. The van der Waals surface area contributed by atoms with Crippen molar-refractivity contribution in [3.05, 3.63) is 99.7 Å². The molecule has 2 saturated heterocycles. The minimum absolute atomic E-state index is 0.0532. The molecule has 8 unspecified atom stereocenters. The summed E-state index contributed by atoms with van der Waals surface area (Å²) in [5.74, 6) is -5.80. The zero-order chi connectivity index (χ0) is 69.7. The Kier molecular flexibility index (Phi) is 26.2. The zero-order valence-corrected chi connectivity index (χ0v) is 58.3. The van der Waals surface area contributed by atoms with E-state index < -0.39 is 101 Å². The smallest absolute Gasteiger partial charge is 0.410 e. The number of alkyl carbamates (subject to hydrolysis) is 1. The van der Waals surface area contributed by atoms with Gasteiger partial charge in [0.15, 0.2) is 5.72 Å². The molecule has 4 bridgehead atoms. The number of hydrogen-bond acceptors (Lipinski definition) is 19. The number of methoxy groups -OCH3 is 2. The number of thioether (sulfide) groups is 1. The topological polar surface area (TPSA) is 289 Å². The molecule has 1 saturated carbocycles. The van der Waals surface area contributed by atoms with E-state index in [1.54, 1.807) is 79.1 Å². The van der Waals surface area contributed by atoms with Crippen molar-refractivity contribution in [2.75, 3.05) is 47.2 Å². The number of ether oxygens (including phenoxy) is 7. The summed E-state index contributed by atoms with van der Waals surface area (Å²) in [5, 5.41) is 17.1. The molecule has 5 aliphatic rings. The first kappa shape index (κ1) is 75.2. The van der Waals surface area contributed by atoms with Crippen molar-refractivity contribution in [1.29, 1.82) is 0 Å². The van der Waals surface area contributed by atoms with E-state index in [4.69, 9.17) is 33.2 Å². The number of aliphatic hydroxyl groups is 1. The molecular weight excluding hydrogens is 1240 g/mol. The number of Topliss-reactive ketones (excluding diaryl/α,β-unsaturated/α-hetero) is 3. The molecule has 0 spiro atoms. The molecule has 2 aliphatic heterocycles. The second-order valence-corrected chi connectivity index (χ2v) is 27.8. The quantitative estimate of drug-likeness (QED) is 0.0325. The molecule has 4 amide bonds. The van der Waals surface area contributed by atoms with Crippen LogP contribution in [0.25, 0.3) is 0 Å². The van der Waals surface area contributed by atoms with Gasteiger partial charge in [-0.1, -0.05) is 94.0 Å². The van der Waals surface area contributed by atoms with Gasteiger partial charge in [0, 0.05) is 89.0 Å². The van der Waals surface area contributed by atoms with Gasteiger partial charge in [0.05, 0.1) is 31.5 Å². The first-order chi connectivity index (χ1) is 44.9. The van der Waals surface area contributed by atoms with Gasteiger partial charge in [-0.2, -0.15) is 0 Å². The standard InChI is InChI=1S/C72H98N4O18S/c1-14-50-37-57(78)53(63(50)81)27-30-73-65(82)55-34-48(25-26-51(55)38-62(80)91-52-22-18-16-15-17-19-23-52)40-90-66(83)43(3)28-31-75(10)69(86)95-32-29-61(79)76(11)47(7)67(84)92-60-39-56(77)44(4)54-35-49(36-58(88-12)45(54)5)33-42(2)21-20-24-59(89-13)72(87)41-70(8,94-68(85)74-72)46(6)64-71(60,9)93-64/h18,20-22,24-26,34-36,43-44,46-47,50,52-53,59-60,64,87H,14-17,19,23,27-33,37-41H2,1-13H3,(H,73,82)(H,74,85)/b22-18+,24-20+,42-21+/t43?,44?,46-,47-,50?,52?,53?,59?,60-,64-,70?,71-,72?/m0/s1. The highest BCUT2D eigenvalue weighted by Gasteiger charge is 2.67. The van der Waals surface area contributed by atoms with Gasteiger partial charge in [0.25, 0.3) is 11.1 Å². The number of nitrogens with one attached hydrogen (secondary N) is 2. The molecule has 3 aliphatic carbocycles. The molecule has 0 radical (unpaired) electrons. The second kappa shape index (κ2) is 33.2. The third kappa shape index (κ3) is 19.1. The fraction of sp³-hybridized carbons (Fsp3) is 0.611. The number of ketones is 3. The summed E-state index contributed by atoms with van der Waals surface area (Å²) in [5.41, 5.74) is -0.249. The summed E-state index contributed by atoms with van der Waals surface area (Å²) >= 11 is 0.893. The van der Waals surface area contributed by atoms with E-state index in [1.807, 2.05) is 51.1 Å². The summed E-state index contributed by atoms with van der Waals surface area (Å²) in [7, 11) is 6.00. The average Bonchev–Trinajstić information content (AvgIpc) is 1.57. The SMILES string of the molecule is CCC1CC(=O)C(CCNC(=O)c2cc(COC(=O)C(C)CCN(C)C(=O)SCCC(=O)N(C)[C@@H](C)C(=O)O[C@H]3CC(=O)C(C)c4cc(cc(OC)c4C)C/C(C)=C/C=C/C(OC)C4(O)CC(C)(OC(=O)N4)[C@@H](C)[C@@H]4O[C@@]34C)ccc2CC(=O)OC2/C=C/CCCCC2)C1=O. The number of likely N-dealkylation sites (N-methyl/N-ethyl adjacent to an activating group) is 1. The van der Waals surface area contributed by atoms with Crippen molar-refractivity contribution >= 4 is 70.2 Å². The molecule has 3 fully saturated rings. The Morgan fingerprint density at radius 1 is 0.926 bits per heavy atom. The number of epoxide rings is 1. The minimum atomic E-state index is -1.92. The molecule has 23 heteroatoms. The highest BCUT2D eigenvalue weighted by molar-refractivity contribution is 8.13. The van der Waals surface area contributed by atoms with E-state index in [0.717, 1.165) is 59.7 Å². The van der Waals surface area contributed by atoms with Crippen molar-refractivity contribution in [2.24, 2.45) is 23.7 Å². The molecular formula is C72H98N4O18S. The number of hydrogen-bond donors (Lipinski definition) is 3. The Morgan fingerprint density at radius 2 is 1.67 bits per heavy atom. The van der Waals surface area contributed by atoms with Gasteiger partial charge in [-0.05, 0) is 132 Å². The lowest BCUT2D eigenvalue weighted by Gasteiger charge is -2.47. The number of rotatable bonds is 22. The predicted molar refractivity (Wildman–Crippen MR) is 355 cm³/mol. The van der Waals surface area contributed by atoms with Crippen LogP contribution in [0.2, 0.25) is 0 Å². The highest BCUT2D eigenvalue weighted by Crippen LogP contribution is 2.52. The number of carbonyl (C=O) groups excluding carboxylic acids is 10. The van der Waals surface area contributed by atoms with Gasteiger partial charge >= 0.3 is 24.0 Å². The minimum Gasteiger partial charge on any atom is -0.496 e. The molecule has 3 N–H and O–H groups in total. The maximum absolute atomic E-state index is 14.7. The Bertz CT molecular complexity index is 3290. The Labute approximate surface area is 562 Å². The van der Waals surface area contributed by atoms with Crippen molar-refractivity contribution in [2.45, 2.75) is 212 Å². The van der Waals surface area contributed by atoms with E-state index in [1.165, 1.54) is 30.9 Å². The number of carbonyl (C=O) groups is 10. The van der Waals surface area contributed by atoms with Crippen LogP contribution in [0.15, 0.2) is 66.3 Å². The van der Waals surface area contributed by atoms with Crippen molar-refractivity contribution in [3.8, 4) is 5.75 Å². The largest absolute Gasteiger partial charge is 0.496 e. The van der Waals surface area contributed by atoms with Crippen LogP contribution in [-0.4, -0.2) is 168 Å². The maximum Gasteiger partial charge on any atom is 0.410 e. The normalized spacial score (nSPS) is 28.8. The van der Waals surface area contributed by atoms with Gasteiger partial charge in [-0.3, -0.25) is 43.7 Å². The van der Waals surface area contributed by atoms with Crippen molar-refractivity contribution in [3.63, 3.8) is 0 Å². The van der Waals surface area contributed by atoms with Crippen LogP contribution in [0.5, 0.6) is 5.75 Å². The monoisotopic (exact) mass is 1340 g/mol. The third-order valence-electron chi connectivity index (χ3n) is 19.7. The Balaban J connectivity index is 0.937. The van der Waals surface area contributed by atoms with E-state index in [0.29, 0.717) is 36.1 Å². The van der Waals surface area contributed by atoms with Gasteiger partial charge in [-0.15, -0.1) is 0 Å². The fourth-order valence-electron chi connectivity index (χ4n) is 13.1. The van der Waals surface area contributed by atoms with Crippen LogP contribution < -0.4 is 15.4 Å². The molecule has 13 atom stereocenters. The zero-order valence-electron chi connectivity index (χ0n) is 57.5. The first-order valence-corrected chi connectivity index (χ1v) is 34.3. The van der Waals surface area contributed by atoms with Gasteiger partial charge < -0.3 is 53.4 Å². The summed E-state index contributed by atoms with van der Waals surface area (Å²) in [6, 6.07) is 7.55. The summed E-state index contributed by atoms with van der Waals surface area (Å²) in [6.45, 7) is 15.8. The van der Waals surface area contributed by atoms with Crippen LogP contribution in [0.3, 0.4) is 0 Å². The average molecular weight is 1340 g/mol. The van der Waals surface area contributed by atoms with E-state index in [2.05, 4.69) is 10.6 Å². The molecule has 22 nitrogen and oxygen atoms in total. The van der Waals surface area contributed by atoms with Crippen LogP contribution in [0.4, 0.5) is 9.59 Å². The number of fused-ring (bicyclic) bond motifs is 5. The summed E-state index contributed by atoms with van der Waals surface area (Å²) < 4.78 is 41.7. The molecule has 95 heavy (non-hydrogen) atoms. The second-order valence-electron chi connectivity index (χ2n) is 26.8. The van der Waals surface area contributed by atoms with Crippen molar-refractivity contribution < 1.29 is 86.2 Å². The lowest BCUT2D eigenvalue weighted by Crippen LogP contribution is -2.67.